The second-order valence-electron chi connectivity index (χ2n) is 6.67. The predicted molar refractivity (Wildman–Crippen MR) is 101 cm³/mol. The quantitative estimate of drug-likeness (QED) is 0.646. The first-order valence-corrected chi connectivity index (χ1v) is 9.15. The van der Waals surface area contributed by atoms with E-state index >= 15 is 0 Å². The third-order valence-corrected chi connectivity index (χ3v) is 5.13. The van der Waals surface area contributed by atoms with E-state index in [0.717, 1.165) is 11.0 Å². The molecular formula is C19H16ClF3N4O. The Balaban J connectivity index is 1.90. The van der Waals surface area contributed by atoms with Gasteiger partial charge < -0.3 is 4.90 Å². The molecule has 1 saturated heterocycles. The minimum absolute atomic E-state index is 0.103. The molecule has 9 heteroatoms. The predicted octanol–water partition coefficient (Wildman–Crippen LogP) is 4.35. The van der Waals surface area contributed by atoms with Crippen molar-refractivity contribution in [2.45, 2.75) is 31.6 Å². The number of aromatic nitrogens is 3. The van der Waals surface area contributed by atoms with Gasteiger partial charge in [-0.2, -0.15) is 13.2 Å². The Kier molecular flexibility index (Phi) is 4.74. The second-order valence-corrected chi connectivity index (χ2v) is 7.08. The van der Waals surface area contributed by atoms with Crippen molar-refractivity contribution >= 4 is 28.2 Å². The van der Waals surface area contributed by atoms with E-state index in [0.29, 0.717) is 29.2 Å². The number of halogens is 4. The van der Waals surface area contributed by atoms with Crippen molar-refractivity contribution in [1.82, 2.24) is 14.5 Å². The molecule has 0 amide bonds. The maximum Gasteiger partial charge on any atom is 0.406 e. The first-order chi connectivity index (χ1) is 13.3. The lowest BCUT2D eigenvalue weighted by molar-refractivity contribution is -0.141. The highest BCUT2D eigenvalue weighted by molar-refractivity contribution is 6.33. The summed E-state index contributed by atoms with van der Waals surface area (Å²) in [5, 5.41) is 0.571. The zero-order valence-corrected chi connectivity index (χ0v) is 15.4. The smallest absolute Gasteiger partial charge is 0.360 e. The molecule has 146 valence electrons. The summed E-state index contributed by atoms with van der Waals surface area (Å²) in [7, 11) is 0. The number of rotatable bonds is 3. The lowest BCUT2D eigenvalue weighted by atomic mass is 10.1. The Morgan fingerprint density at radius 1 is 1.21 bits per heavy atom. The van der Waals surface area contributed by atoms with E-state index < -0.39 is 24.3 Å². The first kappa shape index (κ1) is 18.7. The summed E-state index contributed by atoms with van der Waals surface area (Å²) in [6.45, 7) is -0.781. The van der Waals surface area contributed by atoms with Gasteiger partial charge in [0.25, 0.3) is 5.56 Å². The van der Waals surface area contributed by atoms with Crippen LogP contribution in [-0.2, 0) is 6.54 Å². The summed E-state index contributed by atoms with van der Waals surface area (Å²) < 4.78 is 40.5. The molecule has 2 aromatic heterocycles. The molecule has 1 fully saturated rings. The molecule has 5 nitrogen and oxygen atoms in total. The standard InChI is InChI=1S/C19H16ClF3N4O/c20-13-10-24-8-7-15(13)26-9-3-6-16(26)17-25-14-5-2-1-4-12(14)18(28)27(17)11-19(21,22)23/h1-2,4-5,7-8,10,16H,3,6,9,11H2. The van der Waals surface area contributed by atoms with Crippen LogP contribution in [-0.4, -0.2) is 27.3 Å². The fraction of sp³-hybridized carbons (Fsp3) is 0.316. The molecule has 0 aliphatic carbocycles. The number of benzene rings is 1. The highest BCUT2D eigenvalue weighted by Gasteiger charge is 2.35. The minimum Gasteiger partial charge on any atom is -0.360 e. The minimum atomic E-state index is -4.54. The van der Waals surface area contributed by atoms with E-state index in [2.05, 4.69) is 9.97 Å². The van der Waals surface area contributed by atoms with Crippen LogP contribution in [0.3, 0.4) is 0 Å². The van der Waals surface area contributed by atoms with Crippen LogP contribution >= 0.6 is 11.6 Å². The Morgan fingerprint density at radius 2 is 2.00 bits per heavy atom. The number of hydrogen-bond donors (Lipinski definition) is 0. The molecular weight excluding hydrogens is 393 g/mol. The number of nitrogens with zero attached hydrogens (tertiary/aromatic N) is 4. The fourth-order valence-corrected chi connectivity index (χ4v) is 3.92. The average molecular weight is 409 g/mol. The van der Waals surface area contributed by atoms with Gasteiger partial charge in [-0.25, -0.2) is 4.98 Å². The van der Waals surface area contributed by atoms with E-state index in [9.17, 15) is 18.0 Å². The van der Waals surface area contributed by atoms with Gasteiger partial charge in [0, 0.05) is 18.9 Å². The summed E-state index contributed by atoms with van der Waals surface area (Å²) in [4.78, 5) is 23.2. The molecule has 0 N–H and O–H groups in total. The van der Waals surface area contributed by atoms with Crippen LogP contribution in [0.25, 0.3) is 10.9 Å². The molecule has 1 aliphatic rings. The third-order valence-electron chi connectivity index (χ3n) is 4.84. The number of hydrogen-bond acceptors (Lipinski definition) is 4. The average Bonchev–Trinajstić information content (AvgIpc) is 3.12. The molecule has 1 aromatic carbocycles. The molecule has 0 spiro atoms. The summed E-state index contributed by atoms with van der Waals surface area (Å²) in [5.74, 6) is 0.103. The van der Waals surface area contributed by atoms with Crippen LogP contribution in [0.2, 0.25) is 5.02 Å². The van der Waals surface area contributed by atoms with Crippen molar-refractivity contribution in [1.29, 1.82) is 0 Å². The van der Waals surface area contributed by atoms with E-state index in [1.807, 2.05) is 4.90 Å². The maximum absolute atomic E-state index is 13.2. The van der Waals surface area contributed by atoms with Crippen molar-refractivity contribution in [3.8, 4) is 0 Å². The van der Waals surface area contributed by atoms with Gasteiger partial charge in [-0.15, -0.1) is 0 Å². The van der Waals surface area contributed by atoms with Crippen LogP contribution < -0.4 is 10.5 Å². The van der Waals surface area contributed by atoms with Crippen molar-refractivity contribution in [2.75, 3.05) is 11.4 Å². The van der Waals surface area contributed by atoms with E-state index in [-0.39, 0.29) is 11.2 Å². The third kappa shape index (κ3) is 3.44. The number of alkyl halides is 3. The number of anilines is 1. The maximum atomic E-state index is 13.2. The Labute approximate surface area is 163 Å². The highest BCUT2D eigenvalue weighted by atomic mass is 35.5. The van der Waals surface area contributed by atoms with E-state index in [1.54, 1.807) is 30.5 Å². The number of pyridine rings is 1. The SMILES string of the molecule is O=c1c2ccccc2nc(C2CCCN2c2ccncc2Cl)n1CC(F)(F)F. The Hall–Kier alpha value is -2.61. The van der Waals surface area contributed by atoms with Gasteiger partial charge in [-0.1, -0.05) is 23.7 Å². The fourth-order valence-electron chi connectivity index (χ4n) is 3.70. The van der Waals surface area contributed by atoms with Gasteiger partial charge in [-0.3, -0.25) is 14.3 Å². The lowest BCUT2D eigenvalue weighted by Gasteiger charge is -2.29. The molecule has 3 aromatic rings. The van der Waals surface area contributed by atoms with Gasteiger partial charge in [0.1, 0.15) is 12.4 Å². The molecule has 1 unspecified atom stereocenters. The number of para-hydroxylation sites is 1. The van der Waals surface area contributed by atoms with Crippen molar-refractivity contribution < 1.29 is 13.2 Å². The van der Waals surface area contributed by atoms with Crippen molar-refractivity contribution in [3.63, 3.8) is 0 Å². The molecule has 0 bridgehead atoms. The van der Waals surface area contributed by atoms with Crippen LogP contribution in [0.5, 0.6) is 0 Å². The summed E-state index contributed by atoms with van der Waals surface area (Å²) in [6.07, 6.45) is -0.157. The van der Waals surface area contributed by atoms with Crippen LogP contribution in [0.15, 0.2) is 47.5 Å². The van der Waals surface area contributed by atoms with E-state index in [4.69, 9.17) is 11.6 Å². The van der Waals surface area contributed by atoms with Crippen LogP contribution in [0.1, 0.15) is 24.7 Å². The summed E-state index contributed by atoms with van der Waals surface area (Å²) >= 11 is 6.26. The van der Waals surface area contributed by atoms with Gasteiger partial charge in [-0.05, 0) is 31.0 Å². The molecule has 0 saturated carbocycles. The summed E-state index contributed by atoms with van der Waals surface area (Å²) in [5.41, 5.74) is 0.360. The zero-order valence-electron chi connectivity index (χ0n) is 14.7. The van der Waals surface area contributed by atoms with E-state index in [1.165, 1.54) is 12.3 Å². The van der Waals surface area contributed by atoms with Crippen molar-refractivity contribution in [2.24, 2.45) is 0 Å². The first-order valence-electron chi connectivity index (χ1n) is 8.77. The molecule has 1 atom stereocenters. The Bertz CT molecular complexity index is 1080. The normalized spacial score (nSPS) is 17.4. The van der Waals surface area contributed by atoms with Crippen LogP contribution in [0.4, 0.5) is 18.9 Å². The number of fused-ring (bicyclic) bond motifs is 1. The molecule has 3 heterocycles. The van der Waals surface area contributed by atoms with Gasteiger partial charge in [0.15, 0.2) is 0 Å². The Morgan fingerprint density at radius 3 is 2.75 bits per heavy atom. The zero-order chi connectivity index (χ0) is 19.9. The lowest BCUT2D eigenvalue weighted by Crippen LogP contribution is -2.36. The van der Waals surface area contributed by atoms with Crippen LogP contribution in [0, 0.1) is 0 Å². The highest BCUT2D eigenvalue weighted by Crippen LogP contribution is 2.38. The summed E-state index contributed by atoms with van der Waals surface area (Å²) in [6, 6.07) is 7.68. The molecule has 4 rings (SSSR count). The largest absolute Gasteiger partial charge is 0.406 e. The topological polar surface area (TPSA) is 51.0 Å². The van der Waals surface area contributed by atoms with Crippen molar-refractivity contribution in [3.05, 3.63) is 63.9 Å². The molecule has 0 radical (unpaired) electrons. The second kappa shape index (κ2) is 7.09. The molecule has 1 aliphatic heterocycles. The molecule has 28 heavy (non-hydrogen) atoms. The monoisotopic (exact) mass is 408 g/mol. The van der Waals surface area contributed by atoms with Gasteiger partial charge in [0.05, 0.1) is 27.7 Å². The van der Waals surface area contributed by atoms with Gasteiger partial charge in [0.2, 0.25) is 0 Å². The van der Waals surface area contributed by atoms with Gasteiger partial charge >= 0.3 is 6.18 Å².